The smallest absolute Gasteiger partial charge is 0.467 e. The number of hydrogen-bond acceptors (Lipinski definition) is 15. The summed E-state index contributed by atoms with van der Waals surface area (Å²) in [4.78, 5) is 70.2. The van der Waals surface area contributed by atoms with Gasteiger partial charge in [0, 0.05) is 32.9 Å². The topological polar surface area (TPSA) is 202 Å². The molecule has 16 nitrogen and oxygen atoms in total. The average Bonchev–Trinajstić information content (AvgIpc) is 2.95. The zero-order valence-electron chi connectivity index (χ0n) is 23.6. The van der Waals surface area contributed by atoms with Gasteiger partial charge in [0.15, 0.2) is 29.9 Å². The van der Waals surface area contributed by atoms with Crippen LogP contribution >= 0.6 is 0 Å². The molecule has 1 aliphatic heterocycles. The first-order valence-electron chi connectivity index (χ1n) is 12.6. The van der Waals surface area contributed by atoms with E-state index < -0.39 is 83.8 Å². The maximum atomic E-state index is 15.1. The number of nitrogens with zero attached hydrogens (tertiary/aromatic N) is 1. The summed E-state index contributed by atoms with van der Waals surface area (Å²) in [5.74, 6) is -5.31. The van der Waals surface area contributed by atoms with Crippen LogP contribution in [0.1, 0.15) is 26.3 Å². The van der Waals surface area contributed by atoms with Crippen molar-refractivity contribution in [3.8, 4) is 11.5 Å². The molecule has 1 saturated heterocycles. The summed E-state index contributed by atoms with van der Waals surface area (Å²) in [5.41, 5.74) is -0.0787. The molecule has 0 bridgehead atoms. The summed E-state index contributed by atoms with van der Waals surface area (Å²) in [5, 5.41) is 10.7. The number of non-ortho nitro benzene ring substituents is 1. The van der Waals surface area contributed by atoms with Crippen molar-refractivity contribution in [1.29, 1.82) is 0 Å². The highest BCUT2D eigenvalue weighted by atomic mass is 19.1. The molecule has 17 heteroatoms. The van der Waals surface area contributed by atoms with Crippen LogP contribution in [-0.2, 0) is 54.2 Å². The zero-order chi connectivity index (χ0) is 32.6. The van der Waals surface area contributed by atoms with Crippen molar-refractivity contribution in [2.24, 2.45) is 0 Å². The summed E-state index contributed by atoms with van der Waals surface area (Å²) >= 11 is 0. The Labute approximate surface area is 247 Å². The van der Waals surface area contributed by atoms with Gasteiger partial charge >= 0.3 is 30.0 Å². The molecule has 236 valence electrons. The number of esters is 4. The van der Waals surface area contributed by atoms with Crippen LogP contribution in [0.3, 0.4) is 0 Å². The number of carbonyl (C=O) groups is 5. The maximum absolute atomic E-state index is 15.1. The first kappa shape index (κ1) is 33.2. The van der Waals surface area contributed by atoms with Crippen molar-refractivity contribution in [3.05, 3.63) is 64.0 Å². The lowest BCUT2D eigenvalue weighted by Crippen LogP contribution is -2.64. The molecule has 2 aromatic carbocycles. The number of rotatable bonds is 10. The van der Waals surface area contributed by atoms with Crippen molar-refractivity contribution < 1.29 is 71.2 Å². The molecule has 1 heterocycles. The summed E-state index contributed by atoms with van der Waals surface area (Å²) in [6.07, 6.45) is -9.64. The summed E-state index contributed by atoms with van der Waals surface area (Å²) in [6.45, 7) is 2.58. The van der Waals surface area contributed by atoms with E-state index in [9.17, 15) is 34.1 Å². The quantitative estimate of drug-likeness (QED) is 0.123. The third-order valence-corrected chi connectivity index (χ3v) is 5.68. The van der Waals surface area contributed by atoms with Gasteiger partial charge in [-0.25, -0.2) is 14.0 Å². The highest BCUT2D eigenvalue weighted by Gasteiger charge is 2.56. The lowest BCUT2D eigenvalue weighted by atomic mass is 9.97. The molecule has 0 radical (unpaired) electrons. The van der Waals surface area contributed by atoms with E-state index in [4.69, 9.17) is 37.9 Å². The van der Waals surface area contributed by atoms with Gasteiger partial charge in [0.25, 0.3) is 5.69 Å². The van der Waals surface area contributed by atoms with Crippen LogP contribution < -0.4 is 9.47 Å². The van der Waals surface area contributed by atoms with Crippen molar-refractivity contribution in [2.45, 2.75) is 58.1 Å². The van der Waals surface area contributed by atoms with E-state index in [0.717, 1.165) is 52.1 Å². The van der Waals surface area contributed by atoms with Crippen LogP contribution in [-0.4, -0.2) is 72.8 Å². The van der Waals surface area contributed by atoms with Crippen molar-refractivity contribution in [2.75, 3.05) is 7.11 Å². The Kier molecular flexibility index (Phi) is 11.1. The van der Waals surface area contributed by atoms with Gasteiger partial charge in [0.1, 0.15) is 12.4 Å². The standard InChI is InChI=1S/C27H26FNO15/c1-13(30)39-21-22(40-14(2)31)24(41-15(3)32)26(44-23(21)25(33)37-4)43-20-10-5-16(11-19(20)28)12-38-27(34)42-18-8-6-17(7-9-18)29(35)36/h5-11,21-24,26H,12H2,1-4H3/t21-,22-,23-,24+,26+/m0/s1. The molecule has 5 atom stereocenters. The van der Waals surface area contributed by atoms with Crippen LogP contribution in [0.25, 0.3) is 0 Å². The Hall–Kier alpha value is -5.32. The predicted octanol–water partition coefficient (Wildman–Crippen LogP) is 2.52. The van der Waals surface area contributed by atoms with E-state index in [1.54, 1.807) is 0 Å². The van der Waals surface area contributed by atoms with Crippen molar-refractivity contribution in [3.63, 3.8) is 0 Å². The van der Waals surface area contributed by atoms with E-state index in [0.29, 0.717) is 0 Å². The van der Waals surface area contributed by atoms with E-state index in [-0.39, 0.29) is 17.0 Å². The van der Waals surface area contributed by atoms with Crippen LogP contribution in [0.5, 0.6) is 11.5 Å². The molecule has 0 aromatic heterocycles. The van der Waals surface area contributed by atoms with Crippen molar-refractivity contribution in [1.82, 2.24) is 0 Å². The Balaban J connectivity index is 1.78. The Morgan fingerprint density at radius 2 is 1.48 bits per heavy atom. The van der Waals surface area contributed by atoms with Gasteiger partial charge in [-0.2, -0.15) is 0 Å². The van der Waals surface area contributed by atoms with E-state index in [1.165, 1.54) is 18.2 Å². The normalized spacial score (nSPS) is 20.8. The number of ether oxygens (including phenoxy) is 8. The predicted molar refractivity (Wildman–Crippen MR) is 138 cm³/mol. The van der Waals surface area contributed by atoms with Gasteiger partial charge in [0.05, 0.1) is 12.0 Å². The number of carbonyl (C=O) groups excluding carboxylic acids is 5. The van der Waals surface area contributed by atoms with E-state index >= 15 is 4.39 Å². The highest BCUT2D eigenvalue weighted by molar-refractivity contribution is 5.77. The molecule has 0 unspecified atom stereocenters. The lowest BCUT2D eigenvalue weighted by Gasteiger charge is -2.43. The third kappa shape index (κ3) is 8.84. The molecule has 0 aliphatic carbocycles. The second-order valence-electron chi connectivity index (χ2n) is 8.94. The minimum Gasteiger partial charge on any atom is -0.467 e. The molecular weight excluding hydrogens is 597 g/mol. The molecular formula is C27H26FNO15. The summed E-state index contributed by atoms with van der Waals surface area (Å²) in [6, 6.07) is 7.95. The first-order chi connectivity index (χ1) is 20.8. The Bertz CT molecular complexity index is 1410. The number of nitro benzene ring substituents is 1. The van der Waals surface area contributed by atoms with Gasteiger partial charge in [-0.05, 0) is 29.8 Å². The van der Waals surface area contributed by atoms with Crippen LogP contribution in [0.4, 0.5) is 14.9 Å². The molecule has 1 fully saturated rings. The molecule has 0 N–H and O–H groups in total. The third-order valence-electron chi connectivity index (χ3n) is 5.68. The molecule has 44 heavy (non-hydrogen) atoms. The van der Waals surface area contributed by atoms with Gasteiger partial charge in [-0.1, -0.05) is 6.07 Å². The monoisotopic (exact) mass is 623 g/mol. The fourth-order valence-corrected chi connectivity index (χ4v) is 3.93. The number of nitro groups is 1. The molecule has 0 amide bonds. The fourth-order valence-electron chi connectivity index (χ4n) is 3.93. The van der Waals surface area contributed by atoms with E-state index in [2.05, 4.69) is 0 Å². The largest absolute Gasteiger partial charge is 0.514 e. The number of halogens is 1. The molecule has 1 aliphatic rings. The second-order valence-corrected chi connectivity index (χ2v) is 8.94. The minimum absolute atomic E-state index is 0.0291. The molecule has 3 rings (SSSR count). The van der Waals surface area contributed by atoms with Crippen LogP contribution in [0, 0.1) is 15.9 Å². The fraction of sp³-hybridized carbons (Fsp3) is 0.370. The summed E-state index contributed by atoms with van der Waals surface area (Å²) in [7, 11) is 1.01. The molecule has 0 spiro atoms. The SMILES string of the molecule is COC(=O)[C@H]1O[C@@H](Oc2ccc(COC(=O)Oc3ccc([N+](=O)[O-])cc3)cc2F)[C@H](OC(C)=O)[C@@H](OC(C)=O)[C@@H]1OC(C)=O. The molecule has 0 saturated carbocycles. The first-order valence-corrected chi connectivity index (χ1v) is 12.6. The van der Waals surface area contributed by atoms with Gasteiger partial charge in [-0.15, -0.1) is 0 Å². The van der Waals surface area contributed by atoms with Gasteiger partial charge in [-0.3, -0.25) is 24.5 Å². The summed E-state index contributed by atoms with van der Waals surface area (Å²) < 4.78 is 56.4. The second kappa shape index (κ2) is 14.7. The number of methoxy groups -OCH3 is 1. The number of hydrogen-bond donors (Lipinski definition) is 0. The van der Waals surface area contributed by atoms with Gasteiger partial charge in [0.2, 0.25) is 12.4 Å². The minimum atomic E-state index is -1.78. The zero-order valence-corrected chi connectivity index (χ0v) is 23.6. The average molecular weight is 623 g/mol. The van der Waals surface area contributed by atoms with E-state index in [1.807, 2.05) is 0 Å². The molecule has 2 aromatic rings. The van der Waals surface area contributed by atoms with Crippen LogP contribution in [0.15, 0.2) is 42.5 Å². The van der Waals surface area contributed by atoms with Crippen LogP contribution in [0.2, 0.25) is 0 Å². The highest BCUT2D eigenvalue weighted by Crippen LogP contribution is 2.32. The Morgan fingerprint density at radius 1 is 0.886 bits per heavy atom. The Morgan fingerprint density at radius 3 is 2.02 bits per heavy atom. The van der Waals surface area contributed by atoms with Gasteiger partial charge < -0.3 is 37.9 Å². The number of benzene rings is 2. The maximum Gasteiger partial charge on any atom is 0.514 e. The lowest BCUT2D eigenvalue weighted by molar-refractivity contribution is -0.384. The van der Waals surface area contributed by atoms with Crippen molar-refractivity contribution >= 4 is 35.7 Å².